The van der Waals surface area contributed by atoms with E-state index < -0.39 is 9.84 Å². The molecule has 2 nitrogen and oxygen atoms in total. The van der Waals surface area contributed by atoms with Gasteiger partial charge < -0.3 is 0 Å². The molecule has 1 aromatic rings. The molecule has 0 bridgehead atoms. The molecule has 72 valence electrons. The fourth-order valence-corrected chi connectivity index (χ4v) is 3.31. The van der Waals surface area contributed by atoms with Gasteiger partial charge in [0.1, 0.15) is 5.08 Å². The summed E-state index contributed by atoms with van der Waals surface area (Å²) in [5.74, 6) is 0. The molecular formula is C9H12O2S2. The fourth-order valence-electron chi connectivity index (χ4n) is 0.969. The average molecular weight is 216 g/mol. The summed E-state index contributed by atoms with van der Waals surface area (Å²) in [5, 5.41) is 0.149. The minimum absolute atomic E-state index is 0.149. The summed E-state index contributed by atoms with van der Waals surface area (Å²) < 4.78 is 23.0. The Kier molecular flexibility index (Phi) is 3.39. The first kappa shape index (κ1) is 10.6. The first-order valence-corrected chi connectivity index (χ1v) is 6.89. The lowest BCUT2D eigenvalue weighted by Crippen LogP contribution is -2.03. The monoisotopic (exact) mass is 216 g/mol. The molecule has 0 N–H and O–H groups in total. The molecule has 0 spiro atoms. The Morgan fingerprint density at radius 2 is 1.77 bits per heavy atom. The predicted molar refractivity (Wildman–Crippen MR) is 56.7 cm³/mol. The van der Waals surface area contributed by atoms with Crippen LogP contribution in [0.25, 0.3) is 0 Å². The third-order valence-electron chi connectivity index (χ3n) is 1.65. The molecule has 0 aliphatic carbocycles. The van der Waals surface area contributed by atoms with E-state index in [4.69, 9.17) is 0 Å². The van der Waals surface area contributed by atoms with E-state index in [0.717, 1.165) is 5.56 Å². The molecule has 0 unspecified atom stereocenters. The van der Waals surface area contributed by atoms with E-state index in [1.807, 2.05) is 19.1 Å². The molecule has 4 heteroatoms. The van der Waals surface area contributed by atoms with Crippen LogP contribution in [0.2, 0.25) is 0 Å². The molecule has 0 radical (unpaired) electrons. The summed E-state index contributed by atoms with van der Waals surface area (Å²) in [6.45, 7) is 1.94. The molecule has 1 aromatic carbocycles. The zero-order chi connectivity index (χ0) is 9.90. The van der Waals surface area contributed by atoms with Crippen molar-refractivity contribution in [3.05, 3.63) is 29.8 Å². The highest BCUT2D eigenvalue weighted by Crippen LogP contribution is 2.15. The smallest absolute Gasteiger partial charge is 0.187 e. The maximum atomic E-state index is 11.5. The van der Waals surface area contributed by atoms with Crippen LogP contribution in [0.1, 0.15) is 5.56 Å². The van der Waals surface area contributed by atoms with Crippen molar-refractivity contribution in [2.75, 3.05) is 11.3 Å². The molecule has 0 saturated carbocycles. The Morgan fingerprint density at radius 1 is 1.23 bits per heavy atom. The summed E-state index contributed by atoms with van der Waals surface area (Å²) >= 11 is 1.32. The number of thioether (sulfide) groups is 1. The number of hydrogen-bond acceptors (Lipinski definition) is 3. The lowest BCUT2D eigenvalue weighted by Gasteiger charge is -2.01. The van der Waals surface area contributed by atoms with Crippen LogP contribution in [0.5, 0.6) is 0 Å². The van der Waals surface area contributed by atoms with Crippen LogP contribution < -0.4 is 0 Å². The number of aryl methyl sites for hydroxylation is 1. The summed E-state index contributed by atoms with van der Waals surface area (Å²) in [6, 6.07) is 6.93. The lowest BCUT2D eigenvalue weighted by atomic mass is 10.2. The van der Waals surface area contributed by atoms with Crippen molar-refractivity contribution in [2.24, 2.45) is 0 Å². The van der Waals surface area contributed by atoms with Crippen LogP contribution >= 0.6 is 11.8 Å². The van der Waals surface area contributed by atoms with Crippen LogP contribution in [0, 0.1) is 6.92 Å². The van der Waals surface area contributed by atoms with E-state index in [9.17, 15) is 8.42 Å². The van der Waals surface area contributed by atoms with Gasteiger partial charge in [0, 0.05) is 0 Å². The Labute approximate surface area is 83.3 Å². The van der Waals surface area contributed by atoms with Crippen LogP contribution in [0.3, 0.4) is 0 Å². The van der Waals surface area contributed by atoms with Crippen molar-refractivity contribution in [3.63, 3.8) is 0 Å². The highest BCUT2D eigenvalue weighted by atomic mass is 32.3. The van der Waals surface area contributed by atoms with Crippen molar-refractivity contribution in [1.82, 2.24) is 0 Å². The minimum Gasteiger partial charge on any atom is -0.223 e. The van der Waals surface area contributed by atoms with E-state index in [-0.39, 0.29) is 5.08 Å². The second kappa shape index (κ2) is 4.15. The number of rotatable bonds is 3. The SMILES string of the molecule is CSCS(=O)(=O)c1ccc(C)cc1. The van der Waals surface area contributed by atoms with Gasteiger partial charge in [-0.3, -0.25) is 0 Å². The number of hydrogen-bond donors (Lipinski definition) is 0. The molecule has 13 heavy (non-hydrogen) atoms. The Hall–Kier alpha value is -0.480. The van der Waals surface area contributed by atoms with E-state index in [1.165, 1.54) is 11.8 Å². The van der Waals surface area contributed by atoms with Gasteiger partial charge in [-0.15, -0.1) is 11.8 Å². The highest BCUT2D eigenvalue weighted by Gasteiger charge is 2.12. The van der Waals surface area contributed by atoms with Gasteiger partial charge in [-0.25, -0.2) is 8.42 Å². The second-order valence-electron chi connectivity index (χ2n) is 2.83. The Bertz CT molecular complexity index is 365. The van der Waals surface area contributed by atoms with Crippen molar-refractivity contribution >= 4 is 21.6 Å². The highest BCUT2D eigenvalue weighted by molar-refractivity contribution is 8.12. The Morgan fingerprint density at radius 3 is 2.23 bits per heavy atom. The first-order chi connectivity index (χ1) is 6.06. The molecule has 0 heterocycles. The third kappa shape index (κ3) is 2.74. The molecule has 1 rings (SSSR count). The maximum absolute atomic E-state index is 11.5. The van der Waals surface area contributed by atoms with Gasteiger partial charge in [0.25, 0.3) is 0 Å². The minimum atomic E-state index is -3.06. The van der Waals surface area contributed by atoms with Crippen LogP contribution in [0.4, 0.5) is 0 Å². The van der Waals surface area contributed by atoms with Crippen LogP contribution in [-0.2, 0) is 9.84 Å². The van der Waals surface area contributed by atoms with Crippen LogP contribution in [0.15, 0.2) is 29.2 Å². The van der Waals surface area contributed by atoms with Crippen LogP contribution in [-0.4, -0.2) is 19.8 Å². The van der Waals surface area contributed by atoms with Gasteiger partial charge in [-0.2, -0.15) is 0 Å². The quantitative estimate of drug-likeness (QED) is 0.776. The molecule has 0 fully saturated rings. The van der Waals surface area contributed by atoms with Gasteiger partial charge >= 0.3 is 0 Å². The maximum Gasteiger partial charge on any atom is 0.187 e. The summed E-state index contributed by atoms with van der Waals surface area (Å²) in [4.78, 5) is 0.410. The van der Waals surface area contributed by atoms with Crippen molar-refractivity contribution < 1.29 is 8.42 Å². The molecular weight excluding hydrogens is 204 g/mol. The van der Waals surface area contributed by atoms with Gasteiger partial charge in [0.05, 0.1) is 4.90 Å². The largest absolute Gasteiger partial charge is 0.223 e. The fraction of sp³-hybridized carbons (Fsp3) is 0.333. The molecule has 0 aliphatic heterocycles. The Balaban J connectivity index is 3.02. The van der Waals surface area contributed by atoms with Gasteiger partial charge in [0.2, 0.25) is 0 Å². The summed E-state index contributed by atoms with van der Waals surface area (Å²) in [5.41, 5.74) is 1.07. The zero-order valence-electron chi connectivity index (χ0n) is 7.65. The number of sulfone groups is 1. The third-order valence-corrected chi connectivity index (χ3v) is 4.83. The first-order valence-electron chi connectivity index (χ1n) is 3.84. The van der Waals surface area contributed by atoms with E-state index in [1.54, 1.807) is 18.4 Å². The van der Waals surface area contributed by atoms with E-state index in [2.05, 4.69) is 0 Å². The standard InChI is InChI=1S/C9H12O2S2/c1-8-3-5-9(6-4-8)13(10,11)7-12-2/h3-6H,7H2,1-2H3. The van der Waals surface area contributed by atoms with Gasteiger partial charge in [-0.05, 0) is 25.3 Å². The topological polar surface area (TPSA) is 34.1 Å². The van der Waals surface area contributed by atoms with E-state index >= 15 is 0 Å². The summed E-state index contributed by atoms with van der Waals surface area (Å²) in [6.07, 6.45) is 1.78. The second-order valence-corrected chi connectivity index (χ2v) is 6.06. The van der Waals surface area contributed by atoms with Crippen molar-refractivity contribution in [1.29, 1.82) is 0 Å². The van der Waals surface area contributed by atoms with Gasteiger partial charge in [-0.1, -0.05) is 17.7 Å². The molecule has 0 amide bonds. The molecule has 0 aromatic heterocycles. The molecule has 0 saturated heterocycles. The van der Waals surface area contributed by atoms with Gasteiger partial charge in [0.15, 0.2) is 9.84 Å². The van der Waals surface area contributed by atoms with E-state index in [0.29, 0.717) is 4.90 Å². The van der Waals surface area contributed by atoms with Crippen molar-refractivity contribution in [2.45, 2.75) is 11.8 Å². The van der Waals surface area contributed by atoms with Crippen molar-refractivity contribution in [3.8, 4) is 0 Å². The summed E-state index contributed by atoms with van der Waals surface area (Å²) in [7, 11) is -3.06. The average Bonchev–Trinajstić information content (AvgIpc) is 2.05. The number of benzene rings is 1. The molecule has 0 aliphatic rings. The normalized spacial score (nSPS) is 11.5. The predicted octanol–water partition coefficient (Wildman–Crippen LogP) is 2.09. The molecule has 0 atom stereocenters. The zero-order valence-corrected chi connectivity index (χ0v) is 9.28. The lowest BCUT2D eigenvalue weighted by molar-refractivity contribution is 0.601.